The van der Waals surface area contributed by atoms with Crippen LogP contribution in [0.15, 0.2) is 48.5 Å². The van der Waals surface area contributed by atoms with Crippen molar-refractivity contribution in [2.24, 2.45) is 5.92 Å². The van der Waals surface area contributed by atoms with Crippen molar-refractivity contribution in [1.29, 1.82) is 0 Å². The Morgan fingerprint density at radius 2 is 1.19 bits per heavy atom. The fraction of sp³-hybridized carbons (Fsp3) is 0.545. The molecule has 366 valence electrons. The Bertz CT molecular complexity index is 2270. The SMILES string of the molecule is [B]B=S(=B[B])(CC(=O)CCC(NC(=O)OCC1c2ccccc2-c2ccccc21)C(=O)NCCOCCOCC(=O)CC(CCC(=O)CP([B])C)C(=O)NC(CCC(=O)CP([B])C)C(=O)CP([B])C)B([B])[B]. The predicted molar refractivity (Wildman–Crippen MR) is 303 cm³/mol. The standard InChI is InChI=1S/C44H58B10N3O11P3S/c1-69(49)25-30(58)13-12-29(42(63)56-39(41(62)27-71(3)51)16-14-31(59)26-70(2)50)22-33(61)23-67-21-20-66-19-18-55-43(64)40(17-15-32(60)28-72(52-45,53-46)54(47)48)57-44(65)68-24-38-36-10-6-4-8-34(36)35-9-5-7-11-37(35)38/h4-11,29,38-40H,12-28H2,1-3H3,(H,55,64)(H,56,63)(H,57,65). The van der Waals surface area contributed by atoms with E-state index in [1.807, 2.05) is 48.5 Å². The van der Waals surface area contributed by atoms with Crippen molar-refractivity contribution in [2.75, 3.05) is 83.8 Å². The molecule has 0 fully saturated rings. The van der Waals surface area contributed by atoms with E-state index < -0.39 is 79.6 Å². The van der Waals surface area contributed by atoms with E-state index in [1.54, 1.807) is 20.0 Å². The van der Waals surface area contributed by atoms with Gasteiger partial charge in [0.1, 0.15) is 40.9 Å². The molecule has 0 bridgehead atoms. The summed E-state index contributed by atoms with van der Waals surface area (Å²) in [6.45, 7) is 4.85. The first-order chi connectivity index (χ1) is 34.2. The monoisotopic (exact) mass is 1040 g/mol. The Kier molecular flexibility index (Phi) is 29.4. The van der Waals surface area contributed by atoms with Crippen molar-refractivity contribution in [3.8, 4) is 11.1 Å². The summed E-state index contributed by atoms with van der Waals surface area (Å²) in [6.07, 6.45) is -0.941. The number of hydrogen-bond acceptors (Lipinski definition) is 11. The molecule has 1 aliphatic carbocycles. The number of Topliss-reactive ketones (excluding diaryl/α,β-unsaturated/α-hetero) is 5. The van der Waals surface area contributed by atoms with Gasteiger partial charge in [-0.15, -0.1) is 0 Å². The molecular weight excluding hydrogens is 980 g/mol. The molecule has 0 aromatic heterocycles. The summed E-state index contributed by atoms with van der Waals surface area (Å²) in [5.41, 5.74) is 4.11. The Labute approximate surface area is 440 Å². The summed E-state index contributed by atoms with van der Waals surface area (Å²) in [4.78, 5) is 105. The molecule has 6 unspecified atom stereocenters. The van der Waals surface area contributed by atoms with Gasteiger partial charge in [0.15, 0.2) is 11.6 Å². The summed E-state index contributed by atoms with van der Waals surface area (Å²) in [5.74, 6) is -4.93. The first-order valence-corrected chi connectivity index (χ1v) is 31.5. The van der Waals surface area contributed by atoms with Gasteiger partial charge >= 0.3 is 178 Å². The minimum atomic E-state index is -2.31. The van der Waals surface area contributed by atoms with Crippen LogP contribution in [0.1, 0.15) is 62.0 Å². The zero-order chi connectivity index (χ0) is 53.4. The van der Waals surface area contributed by atoms with Crippen LogP contribution in [0, 0.1) is 5.92 Å². The van der Waals surface area contributed by atoms with Crippen LogP contribution >= 0.6 is 32.1 Å². The van der Waals surface area contributed by atoms with E-state index in [0.717, 1.165) is 22.3 Å². The molecule has 3 rings (SSSR count). The van der Waals surface area contributed by atoms with Gasteiger partial charge in [0.2, 0.25) is 5.91 Å². The number of carbonyl (C=O) groups is 8. The maximum atomic E-state index is 13.6. The van der Waals surface area contributed by atoms with Gasteiger partial charge in [0, 0.05) is 43.7 Å². The number of alkyl carbamates (subject to hydrolysis) is 1. The van der Waals surface area contributed by atoms with Gasteiger partial charge < -0.3 is 10.1 Å². The summed E-state index contributed by atoms with van der Waals surface area (Å²) < 4.78 is 16.8. The number of rotatable bonds is 35. The zero-order valence-electron chi connectivity index (χ0n) is 41.5. The maximum absolute atomic E-state index is 13.6. The molecule has 0 saturated heterocycles. The number of ketones is 5. The molecule has 14 radical (unpaired) electrons. The topological polar surface area (TPSA) is 200 Å². The summed E-state index contributed by atoms with van der Waals surface area (Å²) >= 11 is 0. The third kappa shape index (κ3) is 22.2. The van der Waals surface area contributed by atoms with Crippen LogP contribution in [-0.2, 0) is 47.8 Å². The van der Waals surface area contributed by atoms with Crippen molar-refractivity contribution >= 4 is 150 Å². The molecule has 2 aromatic rings. The molecule has 2 aromatic carbocycles. The van der Waals surface area contributed by atoms with Gasteiger partial charge in [-0.2, -0.15) is 23.4 Å². The molecule has 72 heavy (non-hydrogen) atoms. The number of hydrogen-bond donors (Lipinski definition) is 3. The van der Waals surface area contributed by atoms with Crippen LogP contribution in [0.3, 0.4) is 0 Å². The first-order valence-electron chi connectivity index (χ1n) is 23.4. The summed E-state index contributed by atoms with van der Waals surface area (Å²) in [5, 5.41) is 8.03. The quantitative estimate of drug-likeness (QED) is 0.0518. The first kappa shape index (κ1) is 63.5. The van der Waals surface area contributed by atoms with E-state index in [2.05, 4.69) is 16.0 Å². The molecule has 28 heteroatoms. The van der Waals surface area contributed by atoms with Crippen LogP contribution in [0.2, 0.25) is 0 Å². The fourth-order valence-electron chi connectivity index (χ4n) is 7.88. The fourth-order valence-corrected chi connectivity index (χ4v) is 11.6. The average Bonchev–Trinajstić information content (AvgIpc) is 3.64. The summed E-state index contributed by atoms with van der Waals surface area (Å²) in [6, 6.07) is 16.0. The molecule has 3 N–H and O–H groups in total. The van der Waals surface area contributed by atoms with Crippen molar-refractivity contribution in [3.63, 3.8) is 0 Å². The van der Waals surface area contributed by atoms with E-state index in [4.69, 9.17) is 67.9 Å². The van der Waals surface area contributed by atoms with E-state index in [9.17, 15) is 38.4 Å². The number of amides is 3. The molecule has 6 atom stereocenters. The van der Waals surface area contributed by atoms with E-state index in [1.165, 1.54) is 12.1 Å². The molecule has 3 amide bonds. The Balaban J connectivity index is 1.55. The van der Waals surface area contributed by atoms with Crippen LogP contribution in [0.4, 0.5) is 4.79 Å². The second-order valence-corrected chi connectivity index (χ2v) is 26.4. The van der Waals surface area contributed by atoms with Crippen molar-refractivity contribution < 1.29 is 52.6 Å². The Morgan fingerprint density at radius 3 is 1.75 bits per heavy atom. The van der Waals surface area contributed by atoms with Crippen LogP contribution < -0.4 is 16.0 Å². The molecule has 14 nitrogen and oxygen atoms in total. The predicted octanol–water partition coefficient (Wildman–Crippen LogP) is 1.84. The second kappa shape index (κ2) is 33.3. The molecular formula is C44H58B10N3O11P3S. The molecule has 0 heterocycles. The molecule has 0 saturated carbocycles. The number of carbonyl (C=O) groups excluding carboxylic acids is 8. The van der Waals surface area contributed by atoms with E-state index in [0.29, 0.717) is 0 Å². The number of fused-ring (bicyclic) bond motifs is 3. The van der Waals surface area contributed by atoms with Crippen LogP contribution in [-0.4, -0.2) is 214 Å². The van der Waals surface area contributed by atoms with E-state index >= 15 is 0 Å². The third-order valence-corrected chi connectivity index (χ3v) is 16.9. The molecule has 0 aliphatic heterocycles. The Morgan fingerprint density at radius 1 is 0.667 bits per heavy atom. The van der Waals surface area contributed by atoms with E-state index in [-0.39, 0.29) is 138 Å². The number of nitrogens with one attached hydrogen (secondary N) is 3. The average molecular weight is 1040 g/mol. The van der Waals surface area contributed by atoms with Crippen molar-refractivity contribution in [2.45, 2.75) is 62.9 Å². The minimum absolute atomic E-state index is 0.00190. The number of benzene rings is 2. The van der Waals surface area contributed by atoms with Gasteiger partial charge in [-0.05, 0) is 24.0 Å². The molecule has 0 spiro atoms. The number of ether oxygens (including phenoxy) is 3. The second-order valence-electron chi connectivity index (χ2n) is 17.7. The Hall–Kier alpha value is -2.79. The summed E-state index contributed by atoms with van der Waals surface area (Å²) in [7, 11) is 35.5. The van der Waals surface area contributed by atoms with Gasteiger partial charge in [-0.3, -0.25) is 24.0 Å². The third-order valence-electron chi connectivity index (χ3n) is 11.6. The van der Waals surface area contributed by atoms with Crippen LogP contribution in [0.25, 0.3) is 11.1 Å². The van der Waals surface area contributed by atoms with Gasteiger partial charge in [-0.1, -0.05) is 68.5 Å². The van der Waals surface area contributed by atoms with Gasteiger partial charge in [0.05, 0.1) is 12.6 Å². The normalized spacial score (nSPS) is 14.3. The van der Waals surface area contributed by atoms with Crippen LogP contribution in [0.5, 0.6) is 0 Å². The van der Waals surface area contributed by atoms with Gasteiger partial charge in [-0.25, -0.2) is 0 Å². The molecule has 1 aliphatic rings. The van der Waals surface area contributed by atoms with Crippen molar-refractivity contribution in [3.05, 3.63) is 59.7 Å². The van der Waals surface area contributed by atoms with Gasteiger partial charge in [0.25, 0.3) is 0 Å². The van der Waals surface area contributed by atoms with Crippen molar-refractivity contribution in [1.82, 2.24) is 16.0 Å². The zero-order valence-corrected chi connectivity index (χ0v) is 45.0.